The highest BCUT2D eigenvalue weighted by atomic mass is 16.5. The van der Waals surface area contributed by atoms with Crippen LogP contribution in [0.25, 0.3) is 22.2 Å². The number of aromatic nitrogens is 1. The van der Waals surface area contributed by atoms with Crippen LogP contribution in [0, 0.1) is 18.8 Å². The number of ketones is 1. The molecule has 1 N–H and O–H groups in total. The lowest BCUT2D eigenvalue weighted by molar-refractivity contribution is 0.104. The van der Waals surface area contributed by atoms with E-state index in [1.807, 2.05) is 85.8 Å². The van der Waals surface area contributed by atoms with E-state index in [-0.39, 0.29) is 5.78 Å². The van der Waals surface area contributed by atoms with Gasteiger partial charge in [-0.25, -0.2) is 0 Å². The number of nitrogens with one attached hydrogen (secondary N) is 1. The lowest BCUT2D eigenvalue weighted by Gasteiger charge is -2.18. The Bertz CT molecular complexity index is 1670. The SMILES string of the molecule is COc1ccc(C#Cc2cc(Nc3ccc(C)cc3)c3c4c(onc24)-c2ccccc2C3=O)cc1. The van der Waals surface area contributed by atoms with Gasteiger partial charge in [-0.2, -0.15) is 0 Å². The number of rotatable bonds is 3. The minimum Gasteiger partial charge on any atom is -0.497 e. The molecule has 1 aliphatic rings. The molecule has 0 saturated heterocycles. The molecule has 35 heavy (non-hydrogen) atoms. The minimum atomic E-state index is -0.0643. The Morgan fingerprint density at radius 2 is 1.66 bits per heavy atom. The van der Waals surface area contributed by atoms with Crippen LogP contribution in [0.5, 0.6) is 5.75 Å². The number of carbonyl (C=O) groups excluding carboxylic acids is 1. The lowest BCUT2D eigenvalue weighted by Crippen LogP contribution is -2.12. The molecule has 0 bridgehead atoms. The van der Waals surface area contributed by atoms with Crippen LogP contribution in [0.1, 0.15) is 32.6 Å². The highest BCUT2D eigenvalue weighted by Crippen LogP contribution is 2.44. The van der Waals surface area contributed by atoms with Gasteiger partial charge >= 0.3 is 0 Å². The number of hydrogen-bond acceptors (Lipinski definition) is 5. The van der Waals surface area contributed by atoms with Crippen LogP contribution in [0.2, 0.25) is 0 Å². The Kier molecular flexibility index (Phi) is 4.86. The molecule has 1 heterocycles. The number of ether oxygens (including phenoxy) is 1. The van der Waals surface area contributed by atoms with Crippen LogP contribution in [0.4, 0.5) is 11.4 Å². The second kappa shape index (κ2) is 8.19. The minimum absolute atomic E-state index is 0.0643. The average Bonchev–Trinajstić information content (AvgIpc) is 3.34. The van der Waals surface area contributed by atoms with Crippen molar-refractivity contribution >= 4 is 28.1 Å². The summed E-state index contributed by atoms with van der Waals surface area (Å²) >= 11 is 0. The average molecular weight is 457 g/mol. The maximum atomic E-state index is 13.7. The van der Waals surface area contributed by atoms with Gasteiger partial charge in [0, 0.05) is 22.4 Å². The van der Waals surface area contributed by atoms with Gasteiger partial charge in [0.25, 0.3) is 0 Å². The number of fused-ring (bicyclic) bond motifs is 2. The summed E-state index contributed by atoms with van der Waals surface area (Å²) in [7, 11) is 1.63. The van der Waals surface area contributed by atoms with Crippen molar-refractivity contribution < 1.29 is 14.1 Å². The van der Waals surface area contributed by atoms with Gasteiger partial charge in [-0.3, -0.25) is 4.79 Å². The first kappa shape index (κ1) is 20.8. The highest BCUT2D eigenvalue weighted by molar-refractivity contribution is 6.28. The first-order valence-electron chi connectivity index (χ1n) is 11.2. The van der Waals surface area contributed by atoms with Gasteiger partial charge in [-0.05, 0) is 49.4 Å². The maximum absolute atomic E-state index is 13.7. The van der Waals surface area contributed by atoms with Crippen LogP contribution in [0.15, 0.2) is 83.4 Å². The molecule has 0 unspecified atom stereocenters. The summed E-state index contributed by atoms with van der Waals surface area (Å²) in [4.78, 5) is 13.7. The van der Waals surface area contributed by atoms with Crippen molar-refractivity contribution in [2.75, 3.05) is 12.4 Å². The van der Waals surface area contributed by atoms with Gasteiger partial charge in [-0.15, -0.1) is 0 Å². The van der Waals surface area contributed by atoms with Gasteiger partial charge in [0.2, 0.25) is 0 Å². The van der Waals surface area contributed by atoms with E-state index in [2.05, 4.69) is 22.3 Å². The molecular weight excluding hydrogens is 436 g/mol. The molecule has 5 nitrogen and oxygen atoms in total. The van der Waals surface area contributed by atoms with Crippen molar-refractivity contribution in [3.8, 4) is 28.9 Å². The Hall–Kier alpha value is -4.82. The third-order valence-corrected chi connectivity index (χ3v) is 6.16. The van der Waals surface area contributed by atoms with Crippen LogP contribution < -0.4 is 10.1 Å². The molecule has 0 saturated carbocycles. The van der Waals surface area contributed by atoms with Gasteiger partial charge in [0.15, 0.2) is 11.5 Å². The maximum Gasteiger partial charge on any atom is 0.196 e. The van der Waals surface area contributed by atoms with Crippen LogP contribution >= 0.6 is 0 Å². The van der Waals surface area contributed by atoms with E-state index in [0.717, 1.165) is 28.1 Å². The number of methoxy groups -OCH3 is 1. The zero-order valence-corrected chi connectivity index (χ0v) is 19.2. The summed E-state index contributed by atoms with van der Waals surface area (Å²) in [5.41, 5.74) is 6.69. The van der Waals surface area contributed by atoms with E-state index in [0.29, 0.717) is 39.0 Å². The van der Waals surface area contributed by atoms with Crippen molar-refractivity contribution in [1.29, 1.82) is 0 Å². The largest absolute Gasteiger partial charge is 0.497 e. The van der Waals surface area contributed by atoms with Gasteiger partial charge < -0.3 is 14.6 Å². The number of nitrogens with zero attached hydrogens (tertiary/aromatic N) is 1. The van der Waals surface area contributed by atoms with E-state index in [4.69, 9.17) is 9.26 Å². The third kappa shape index (κ3) is 3.53. The van der Waals surface area contributed by atoms with Crippen LogP contribution in [0.3, 0.4) is 0 Å². The fourth-order valence-electron chi connectivity index (χ4n) is 4.36. The van der Waals surface area contributed by atoms with Crippen molar-refractivity contribution in [3.63, 3.8) is 0 Å². The number of hydrogen-bond donors (Lipinski definition) is 1. The molecule has 6 rings (SSSR count). The molecular formula is C30H20N2O3. The Labute approximate surface area is 202 Å². The lowest BCUT2D eigenvalue weighted by atomic mass is 9.85. The predicted molar refractivity (Wildman–Crippen MR) is 136 cm³/mol. The molecule has 0 radical (unpaired) electrons. The van der Waals surface area contributed by atoms with E-state index in [1.165, 1.54) is 0 Å². The molecule has 0 fully saturated rings. The molecule has 168 valence electrons. The molecule has 5 aromatic rings. The van der Waals surface area contributed by atoms with E-state index >= 15 is 0 Å². The summed E-state index contributed by atoms with van der Waals surface area (Å²) in [6, 6.07) is 24.9. The smallest absolute Gasteiger partial charge is 0.196 e. The van der Waals surface area contributed by atoms with E-state index in [9.17, 15) is 4.79 Å². The number of aryl methyl sites for hydroxylation is 1. The normalized spacial score (nSPS) is 11.5. The predicted octanol–water partition coefficient (Wildman–Crippen LogP) is 6.50. The van der Waals surface area contributed by atoms with Crippen LogP contribution in [-0.2, 0) is 0 Å². The van der Waals surface area contributed by atoms with Crippen molar-refractivity contribution in [2.24, 2.45) is 0 Å². The van der Waals surface area contributed by atoms with Crippen molar-refractivity contribution in [3.05, 3.63) is 107 Å². The topological polar surface area (TPSA) is 64.4 Å². The van der Waals surface area contributed by atoms with Gasteiger partial charge in [-0.1, -0.05) is 59.0 Å². The molecule has 5 heteroatoms. The molecule has 0 aliphatic heterocycles. The first-order valence-corrected chi connectivity index (χ1v) is 11.2. The Morgan fingerprint density at radius 3 is 2.40 bits per heavy atom. The van der Waals surface area contributed by atoms with Gasteiger partial charge in [0.1, 0.15) is 11.3 Å². The van der Waals surface area contributed by atoms with Gasteiger partial charge in [0.05, 0.1) is 29.3 Å². The summed E-state index contributed by atoms with van der Waals surface area (Å²) in [6.07, 6.45) is 0. The van der Waals surface area contributed by atoms with E-state index < -0.39 is 0 Å². The summed E-state index contributed by atoms with van der Waals surface area (Å²) in [6.45, 7) is 2.04. The van der Waals surface area contributed by atoms with Crippen LogP contribution in [-0.4, -0.2) is 18.0 Å². The quantitative estimate of drug-likeness (QED) is 0.308. The zero-order valence-electron chi connectivity index (χ0n) is 19.2. The number of benzene rings is 4. The monoisotopic (exact) mass is 456 g/mol. The fraction of sp³-hybridized carbons (Fsp3) is 0.0667. The standard InChI is InChI=1S/C30H20N2O3/c1-18-7-13-21(14-8-18)31-25-17-20(12-9-19-10-15-22(34-2)16-11-19)28-27-26(25)29(33)23-5-3-4-6-24(23)30(27)35-32-28/h3-8,10-11,13-17,31H,1-2H3. The summed E-state index contributed by atoms with van der Waals surface area (Å²) in [5, 5.41) is 8.46. The number of carbonyl (C=O) groups is 1. The first-order chi connectivity index (χ1) is 17.1. The Morgan fingerprint density at radius 1 is 0.914 bits per heavy atom. The Balaban J connectivity index is 1.56. The van der Waals surface area contributed by atoms with E-state index in [1.54, 1.807) is 7.11 Å². The summed E-state index contributed by atoms with van der Waals surface area (Å²) < 4.78 is 11.0. The highest BCUT2D eigenvalue weighted by Gasteiger charge is 2.32. The fourth-order valence-corrected chi connectivity index (χ4v) is 4.36. The molecule has 0 amide bonds. The molecule has 4 aromatic carbocycles. The van der Waals surface area contributed by atoms with Crippen molar-refractivity contribution in [1.82, 2.24) is 5.16 Å². The molecule has 0 spiro atoms. The third-order valence-electron chi connectivity index (χ3n) is 6.16. The van der Waals surface area contributed by atoms with Crippen molar-refractivity contribution in [2.45, 2.75) is 6.92 Å². The molecule has 1 aromatic heterocycles. The second-order valence-electron chi connectivity index (χ2n) is 8.43. The number of anilines is 2. The zero-order chi connectivity index (χ0) is 23.9. The molecule has 0 atom stereocenters. The molecule has 1 aliphatic carbocycles. The second-order valence-corrected chi connectivity index (χ2v) is 8.43. The summed E-state index contributed by atoms with van der Waals surface area (Å²) in [5.74, 6) is 7.73.